The van der Waals surface area contributed by atoms with Gasteiger partial charge in [-0.15, -0.1) is 11.3 Å². The van der Waals surface area contributed by atoms with Crippen molar-refractivity contribution < 1.29 is 18.0 Å². The first-order valence-electron chi connectivity index (χ1n) is 9.11. The summed E-state index contributed by atoms with van der Waals surface area (Å²) in [6.07, 6.45) is -1.19. The number of piperazine rings is 1. The Labute approximate surface area is 174 Å². The lowest BCUT2D eigenvalue weighted by molar-refractivity contribution is -0.137. The molecule has 1 N–H and O–H groups in total. The van der Waals surface area contributed by atoms with E-state index in [2.05, 4.69) is 20.3 Å². The van der Waals surface area contributed by atoms with E-state index in [1.807, 2.05) is 4.90 Å². The van der Waals surface area contributed by atoms with Crippen LogP contribution in [0.15, 0.2) is 48.1 Å². The number of benzene rings is 1. The Morgan fingerprint density at radius 3 is 2.50 bits per heavy atom. The average Bonchev–Trinajstić information content (AvgIpc) is 3.22. The minimum absolute atomic E-state index is 0.211. The monoisotopic (exact) mass is 434 g/mol. The maximum atomic E-state index is 12.9. The van der Waals surface area contributed by atoms with Gasteiger partial charge in [-0.05, 0) is 24.3 Å². The Bertz CT molecular complexity index is 1020. The van der Waals surface area contributed by atoms with Gasteiger partial charge in [-0.1, -0.05) is 6.07 Å². The highest BCUT2D eigenvalue weighted by Crippen LogP contribution is 2.32. The molecule has 2 aromatic heterocycles. The van der Waals surface area contributed by atoms with Crippen LogP contribution in [-0.2, 0) is 6.18 Å². The largest absolute Gasteiger partial charge is 0.416 e. The second-order valence-corrected chi connectivity index (χ2v) is 7.42. The van der Waals surface area contributed by atoms with Gasteiger partial charge in [0.1, 0.15) is 5.69 Å². The summed E-state index contributed by atoms with van der Waals surface area (Å²) >= 11 is 1.27. The van der Waals surface area contributed by atoms with Crippen molar-refractivity contribution >= 4 is 34.0 Å². The Morgan fingerprint density at radius 2 is 1.80 bits per heavy atom. The smallest absolute Gasteiger partial charge is 0.368 e. The van der Waals surface area contributed by atoms with Crippen molar-refractivity contribution in [1.29, 1.82) is 0 Å². The molecule has 0 saturated carbocycles. The lowest BCUT2D eigenvalue weighted by Gasteiger charge is -2.36. The highest BCUT2D eigenvalue weighted by atomic mass is 32.1. The zero-order chi connectivity index (χ0) is 21.1. The lowest BCUT2D eigenvalue weighted by atomic mass is 10.1. The Hall–Kier alpha value is -3.21. The molecule has 0 atom stereocenters. The number of alkyl halides is 3. The zero-order valence-corrected chi connectivity index (χ0v) is 16.5. The van der Waals surface area contributed by atoms with Crippen molar-refractivity contribution in [3.8, 4) is 0 Å². The van der Waals surface area contributed by atoms with Crippen molar-refractivity contribution in [2.24, 2.45) is 0 Å². The fourth-order valence-corrected chi connectivity index (χ4v) is 3.78. The molecule has 0 unspecified atom stereocenters. The summed E-state index contributed by atoms with van der Waals surface area (Å²) in [7, 11) is 0. The summed E-state index contributed by atoms with van der Waals surface area (Å²) in [4.78, 5) is 28.6. The molecule has 7 nitrogen and oxygen atoms in total. The molecule has 0 aliphatic carbocycles. The number of amides is 1. The van der Waals surface area contributed by atoms with Crippen LogP contribution in [0.5, 0.6) is 0 Å². The van der Waals surface area contributed by atoms with Gasteiger partial charge in [-0.25, -0.2) is 15.0 Å². The molecule has 1 aliphatic rings. The summed E-state index contributed by atoms with van der Waals surface area (Å²) in [6.45, 7) is 1.69. The number of carbonyl (C=O) groups is 1. The quantitative estimate of drug-likeness (QED) is 0.676. The second-order valence-electron chi connectivity index (χ2n) is 6.56. The average molecular weight is 434 g/mol. The maximum absolute atomic E-state index is 12.9. The fourth-order valence-electron chi connectivity index (χ4n) is 3.10. The molecule has 3 heterocycles. The third-order valence-electron chi connectivity index (χ3n) is 4.61. The SMILES string of the molecule is O=C(c1csc(Nc2ncccn2)n1)N1CCN(c2cccc(C(F)(F)F)c2)CC1. The molecular formula is C19H17F3N6OS. The minimum Gasteiger partial charge on any atom is -0.368 e. The summed E-state index contributed by atoms with van der Waals surface area (Å²) in [6, 6.07) is 6.94. The number of rotatable bonds is 4. The number of aromatic nitrogens is 3. The first kappa shape index (κ1) is 20.1. The van der Waals surface area contributed by atoms with Crippen LogP contribution in [0.3, 0.4) is 0 Å². The van der Waals surface area contributed by atoms with E-state index in [4.69, 9.17) is 0 Å². The van der Waals surface area contributed by atoms with Gasteiger partial charge in [0.25, 0.3) is 5.91 Å². The summed E-state index contributed by atoms with van der Waals surface area (Å²) in [5.74, 6) is 0.178. The second kappa shape index (κ2) is 8.27. The van der Waals surface area contributed by atoms with Gasteiger partial charge in [0, 0.05) is 49.6 Å². The van der Waals surface area contributed by atoms with E-state index in [0.717, 1.165) is 12.1 Å². The molecular weight excluding hydrogens is 417 g/mol. The van der Waals surface area contributed by atoms with Crippen LogP contribution in [0.25, 0.3) is 0 Å². The van der Waals surface area contributed by atoms with Crippen LogP contribution < -0.4 is 10.2 Å². The number of nitrogens with one attached hydrogen (secondary N) is 1. The molecule has 1 aromatic carbocycles. The molecule has 3 aromatic rings. The van der Waals surface area contributed by atoms with Crippen LogP contribution in [0.2, 0.25) is 0 Å². The predicted octanol–water partition coefficient (Wildman–Crippen LogP) is 3.66. The molecule has 1 amide bonds. The van der Waals surface area contributed by atoms with Gasteiger partial charge >= 0.3 is 6.18 Å². The molecule has 0 bridgehead atoms. The first-order chi connectivity index (χ1) is 14.4. The molecule has 0 radical (unpaired) electrons. The molecule has 156 valence electrons. The number of thiazole rings is 1. The third kappa shape index (κ3) is 4.51. The van der Waals surface area contributed by atoms with E-state index in [0.29, 0.717) is 48.6 Å². The molecule has 30 heavy (non-hydrogen) atoms. The van der Waals surface area contributed by atoms with Gasteiger partial charge in [0.2, 0.25) is 5.95 Å². The van der Waals surface area contributed by atoms with Crippen molar-refractivity contribution in [2.75, 3.05) is 36.4 Å². The molecule has 1 aliphatic heterocycles. The number of carbonyl (C=O) groups excluding carboxylic acids is 1. The number of hydrogen-bond acceptors (Lipinski definition) is 7. The van der Waals surface area contributed by atoms with Gasteiger partial charge in [-0.3, -0.25) is 4.79 Å². The first-order valence-corrected chi connectivity index (χ1v) is 9.99. The topological polar surface area (TPSA) is 74.2 Å². The molecule has 0 spiro atoms. The van der Waals surface area contributed by atoms with Crippen molar-refractivity contribution in [3.05, 3.63) is 59.4 Å². The van der Waals surface area contributed by atoms with Gasteiger partial charge < -0.3 is 15.1 Å². The third-order valence-corrected chi connectivity index (χ3v) is 5.37. The lowest BCUT2D eigenvalue weighted by Crippen LogP contribution is -2.48. The number of nitrogens with zero attached hydrogens (tertiary/aromatic N) is 5. The van der Waals surface area contributed by atoms with Gasteiger partial charge in [-0.2, -0.15) is 13.2 Å². The fraction of sp³-hybridized carbons (Fsp3) is 0.263. The number of halogens is 3. The van der Waals surface area contributed by atoms with E-state index in [1.54, 1.807) is 34.8 Å². The van der Waals surface area contributed by atoms with Crippen LogP contribution in [0, 0.1) is 0 Å². The van der Waals surface area contributed by atoms with Crippen LogP contribution in [0.1, 0.15) is 16.1 Å². The van der Waals surface area contributed by atoms with E-state index in [9.17, 15) is 18.0 Å². The summed E-state index contributed by atoms with van der Waals surface area (Å²) < 4.78 is 38.8. The summed E-state index contributed by atoms with van der Waals surface area (Å²) in [5, 5.41) is 5.11. The maximum Gasteiger partial charge on any atom is 0.416 e. The molecule has 11 heteroatoms. The Balaban J connectivity index is 1.37. The highest BCUT2D eigenvalue weighted by Gasteiger charge is 2.31. The molecule has 1 fully saturated rings. The predicted molar refractivity (Wildman–Crippen MR) is 107 cm³/mol. The Kier molecular flexibility index (Phi) is 5.53. The normalized spacial score (nSPS) is 14.6. The van der Waals surface area contributed by atoms with Crippen LogP contribution >= 0.6 is 11.3 Å². The van der Waals surface area contributed by atoms with Gasteiger partial charge in [0.15, 0.2) is 5.13 Å². The van der Waals surface area contributed by atoms with E-state index < -0.39 is 11.7 Å². The van der Waals surface area contributed by atoms with Crippen LogP contribution in [-0.4, -0.2) is 51.9 Å². The molecule has 4 rings (SSSR count). The summed E-state index contributed by atoms with van der Waals surface area (Å²) in [5.41, 5.74) is 0.134. The van der Waals surface area contributed by atoms with E-state index >= 15 is 0 Å². The van der Waals surface area contributed by atoms with Crippen LogP contribution in [0.4, 0.5) is 29.9 Å². The minimum atomic E-state index is -4.38. The number of hydrogen-bond donors (Lipinski definition) is 1. The standard InChI is InChI=1S/C19H17F3N6OS/c20-19(21,22)13-3-1-4-14(11-13)27-7-9-28(10-8-27)16(29)15-12-30-18(25-15)26-17-23-5-2-6-24-17/h1-6,11-12H,7-10H2,(H,23,24,25,26). The van der Waals surface area contributed by atoms with E-state index in [-0.39, 0.29) is 5.91 Å². The van der Waals surface area contributed by atoms with Gasteiger partial charge in [0.05, 0.1) is 5.56 Å². The van der Waals surface area contributed by atoms with Crippen molar-refractivity contribution in [2.45, 2.75) is 6.18 Å². The van der Waals surface area contributed by atoms with Crippen molar-refractivity contribution in [1.82, 2.24) is 19.9 Å². The highest BCUT2D eigenvalue weighted by molar-refractivity contribution is 7.14. The molecule has 1 saturated heterocycles. The number of anilines is 3. The Morgan fingerprint density at radius 1 is 1.07 bits per heavy atom. The van der Waals surface area contributed by atoms with E-state index in [1.165, 1.54) is 17.4 Å². The van der Waals surface area contributed by atoms with Crippen molar-refractivity contribution in [3.63, 3.8) is 0 Å². The zero-order valence-electron chi connectivity index (χ0n) is 15.6.